The molecule has 6 rings (SSSR count). The first kappa shape index (κ1) is 17.6. The topological polar surface area (TPSA) is 82.3 Å². The van der Waals surface area contributed by atoms with E-state index in [2.05, 4.69) is 74.9 Å². The summed E-state index contributed by atoms with van der Waals surface area (Å²) in [7, 11) is 0. The van der Waals surface area contributed by atoms with Gasteiger partial charge in [-0.05, 0) is 61.9 Å². The molecule has 0 fully saturated rings. The lowest BCUT2D eigenvalue weighted by Gasteiger charge is -2.13. The molecule has 0 amide bonds. The standard InChI is InChI=1S/C23H20N6S/c1-13-2-5-20(30-13)15-8-11-25-23-16(15)12-19(27-23)22-21-18(28-29-22)4-3-17(26-21)14-6-9-24-10-7-14/h2-6,8,11-12,24H,7,9-10H2,1H3,(H,25,27)(H,28,29). The van der Waals surface area contributed by atoms with Gasteiger partial charge in [0.25, 0.3) is 0 Å². The minimum absolute atomic E-state index is 0.827. The van der Waals surface area contributed by atoms with Crippen LogP contribution in [0, 0.1) is 6.92 Å². The molecule has 0 bridgehead atoms. The minimum atomic E-state index is 0.827. The number of rotatable bonds is 3. The number of H-pyrrole nitrogens is 2. The van der Waals surface area contributed by atoms with Crippen molar-refractivity contribution in [3.05, 3.63) is 59.2 Å². The monoisotopic (exact) mass is 412 g/mol. The fraction of sp³-hybridized carbons (Fsp3) is 0.174. The summed E-state index contributed by atoms with van der Waals surface area (Å²) < 4.78 is 0. The third kappa shape index (κ3) is 2.86. The van der Waals surface area contributed by atoms with Gasteiger partial charge in [0.1, 0.15) is 16.9 Å². The van der Waals surface area contributed by atoms with E-state index in [1.165, 1.54) is 20.9 Å². The molecule has 0 saturated heterocycles. The molecular weight excluding hydrogens is 392 g/mol. The Morgan fingerprint density at radius 3 is 2.90 bits per heavy atom. The first-order chi connectivity index (χ1) is 14.8. The molecule has 0 aromatic carbocycles. The van der Waals surface area contributed by atoms with Crippen LogP contribution in [0.15, 0.2) is 48.7 Å². The second-order valence-electron chi connectivity index (χ2n) is 7.56. The highest BCUT2D eigenvalue weighted by Gasteiger charge is 2.17. The van der Waals surface area contributed by atoms with Crippen LogP contribution in [0.4, 0.5) is 0 Å². The molecule has 1 aliphatic heterocycles. The number of hydrogen-bond donors (Lipinski definition) is 3. The van der Waals surface area contributed by atoms with Gasteiger partial charge in [-0.2, -0.15) is 5.10 Å². The number of nitrogens with one attached hydrogen (secondary N) is 3. The van der Waals surface area contributed by atoms with E-state index in [0.29, 0.717) is 0 Å². The van der Waals surface area contributed by atoms with Gasteiger partial charge in [-0.15, -0.1) is 11.3 Å². The normalized spacial score (nSPS) is 14.5. The SMILES string of the molecule is Cc1ccc(-c2ccnc3[nH]c(-c4n[nH]c5ccc(C6=CCNCC6)nc45)cc23)s1. The lowest BCUT2D eigenvalue weighted by Crippen LogP contribution is -2.20. The van der Waals surface area contributed by atoms with Gasteiger partial charge in [-0.3, -0.25) is 5.10 Å². The van der Waals surface area contributed by atoms with Crippen LogP contribution >= 0.6 is 11.3 Å². The molecule has 6 heterocycles. The van der Waals surface area contributed by atoms with Crippen LogP contribution in [-0.4, -0.2) is 38.2 Å². The Morgan fingerprint density at radius 2 is 2.07 bits per heavy atom. The quantitative estimate of drug-likeness (QED) is 0.393. The summed E-state index contributed by atoms with van der Waals surface area (Å²) in [5, 5.41) is 12.2. The van der Waals surface area contributed by atoms with Gasteiger partial charge in [0.2, 0.25) is 0 Å². The van der Waals surface area contributed by atoms with Crippen LogP contribution in [0.2, 0.25) is 0 Å². The third-order valence-corrected chi connectivity index (χ3v) is 6.63. The van der Waals surface area contributed by atoms with Gasteiger partial charge in [0.15, 0.2) is 0 Å². The Balaban J connectivity index is 1.49. The second-order valence-corrected chi connectivity index (χ2v) is 8.85. The molecule has 0 atom stereocenters. The van der Waals surface area contributed by atoms with Gasteiger partial charge < -0.3 is 10.3 Å². The number of thiophene rings is 1. The van der Waals surface area contributed by atoms with Crippen LogP contribution in [0.1, 0.15) is 17.0 Å². The number of aromatic amines is 2. The number of hydrogen-bond acceptors (Lipinski definition) is 5. The number of nitrogens with zero attached hydrogens (tertiary/aromatic N) is 3. The van der Waals surface area contributed by atoms with E-state index in [4.69, 9.17) is 4.98 Å². The summed E-state index contributed by atoms with van der Waals surface area (Å²) in [5.41, 5.74) is 7.93. The van der Waals surface area contributed by atoms with Gasteiger partial charge in [0.05, 0.1) is 16.9 Å². The lowest BCUT2D eigenvalue weighted by atomic mass is 10.0. The van der Waals surface area contributed by atoms with Crippen molar-refractivity contribution in [1.82, 2.24) is 30.5 Å². The van der Waals surface area contributed by atoms with E-state index in [1.54, 1.807) is 11.3 Å². The van der Waals surface area contributed by atoms with Crippen molar-refractivity contribution in [3.63, 3.8) is 0 Å². The first-order valence-electron chi connectivity index (χ1n) is 10.1. The highest BCUT2D eigenvalue weighted by atomic mass is 32.1. The molecule has 0 aliphatic carbocycles. The van der Waals surface area contributed by atoms with Crippen molar-refractivity contribution in [2.24, 2.45) is 0 Å². The third-order valence-electron chi connectivity index (χ3n) is 5.59. The Bertz CT molecular complexity index is 1420. The molecular formula is C23H20N6S. The van der Waals surface area contributed by atoms with Gasteiger partial charge in [0, 0.05) is 33.4 Å². The zero-order valence-electron chi connectivity index (χ0n) is 16.5. The molecule has 0 spiro atoms. The maximum Gasteiger partial charge on any atom is 0.138 e. The van der Waals surface area contributed by atoms with Crippen molar-refractivity contribution in [3.8, 4) is 21.8 Å². The average molecular weight is 413 g/mol. The van der Waals surface area contributed by atoms with E-state index < -0.39 is 0 Å². The molecule has 148 valence electrons. The van der Waals surface area contributed by atoms with Gasteiger partial charge in [-0.1, -0.05) is 6.08 Å². The largest absolute Gasteiger partial charge is 0.338 e. The Hall–Kier alpha value is -3.29. The van der Waals surface area contributed by atoms with E-state index in [1.807, 2.05) is 6.20 Å². The van der Waals surface area contributed by atoms with E-state index in [-0.39, 0.29) is 0 Å². The Labute approximate surface area is 177 Å². The van der Waals surface area contributed by atoms with Gasteiger partial charge in [-0.25, -0.2) is 9.97 Å². The summed E-state index contributed by atoms with van der Waals surface area (Å²) >= 11 is 1.80. The molecule has 0 radical (unpaired) electrons. The summed E-state index contributed by atoms with van der Waals surface area (Å²) in [6.45, 7) is 4.01. The molecule has 1 aliphatic rings. The number of fused-ring (bicyclic) bond motifs is 2. The second kappa shape index (κ2) is 6.90. The summed E-state index contributed by atoms with van der Waals surface area (Å²) in [5.74, 6) is 0. The molecule has 0 unspecified atom stereocenters. The van der Waals surface area contributed by atoms with Crippen molar-refractivity contribution in [1.29, 1.82) is 0 Å². The highest BCUT2D eigenvalue weighted by molar-refractivity contribution is 7.15. The number of aryl methyl sites for hydroxylation is 1. The fourth-order valence-corrected chi connectivity index (χ4v) is 4.98. The maximum atomic E-state index is 4.96. The molecule has 6 nitrogen and oxygen atoms in total. The Kier molecular flexibility index (Phi) is 4.04. The van der Waals surface area contributed by atoms with E-state index >= 15 is 0 Å². The van der Waals surface area contributed by atoms with E-state index in [0.717, 1.165) is 58.7 Å². The minimum Gasteiger partial charge on any atom is -0.338 e. The van der Waals surface area contributed by atoms with Gasteiger partial charge >= 0.3 is 0 Å². The van der Waals surface area contributed by atoms with Crippen molar-refractivity contribution < 1.29 is 0 Å². The predicted molar refractivity (Wildman–Crippen MR) is 122 cm³/mol. The summed E-state index contributed by atoms with van der Waals surface area (Å²) in [4.78, 5) is 15.5. The zero-order chi connectivity index (χ0) is 20.1. The van der Waals surface area contributed by atoms with Crippen LogP contribution in [0.25, 0.3) is 49.5 Å². The lowest BCUT2D eigenvalue weighted by molar-refractivity contribution is 0.737. The molecule has 5 aromatic rings. The van der Waals surface area contributed by atoms with Crippen LogP contribution in [0.5, 0.6) is 0 Å². The summed E-state index contributed by atoms with van der Waals surface area (Å²) in [6, 6.07) is 12.7. The Morgan fingerprint density at radius 1 is 1.10 bits per heavy atom. The predicted octanol–water partition coefficient (Wildman–Crippen LogP) is 4.91. The maximum absolute atomic E-state index is 4.96. The van der Waals surface area contributed by atoms with Crippen molar-refractivity contribution in [2.45, 2.75) is 13.3 Å². The molecule has 3 N–H and O–H groups in total. The zero-order valence-corrected chi connectivity index (χ0v) is 17.3. The number of aromatic nitrogens is 5. The first-order valence-corrected chi connectivity index (χ1v) is 10.9. The number of pyridine rings is 2. The van der Waals surface area contributed by atoms with Crippen molar-refractivity contribution >= 4 is 39.0 Å². The molecule has 30 heavy (non-hydrogen) atoms. The smallest absolute Gasteiger partial charge is 0.138 e. The highest BCUT2D eigenvalue weighted by Crippen LogP contribution is 2.35. The molecule has 5 aromatic heterocycles. The van der Waals surface area contributed by atoms with E-state index in [9.17, 15) is 0 Å². The van der Waals surface area contributed by atoms with Crippen molar-refractivity contribution in [2.75, 3.05) is 13.1 Å². The average Bonchev–Trinajstić information content (AvgIpc) is 3.51. The molecule has 7 heteroatoms. The molecule has 0 saturated carbocycles. The van der Waals surface area contributed by atoms with Crippen LogP contribution < -0.4 is 5.32 Å². The summed E-state index contributed by atoms with van der Waals surface area (Å²) in [6.07, 6.45) is 5.07. The van der Waals surface area contributed by atoms with Crippen LogP contribution in [-0.2, 0) is 0 Å². The fourth-order valence-electron chi connectivity index (χ4n) is 4.07. The van der Waals surface area contributed by atoms with Crippen LogP contribution in [0.3, 0.4) is 0 Å².